The molecular formula is C16H25N3O3. The fraction of sp³-hybridized carbons (Fsp3) is 0.562. The van der Waals surface area contributed by atoms with E-state index in [9.17, 15) is 14.9 Å². The summed E-state index contributed by atoms with van der Waals surface area (Å²) in [6, 6.07) is 5.06. The van der Waals surface area contributed by atoms with Crippen LogP contribution in [0.2, 0.25) is 0 Å². The second-order valence-corrected chi connectivity index (χ2v) is 6.43. The molecule has 0 radical (unpaired) electrons. The Balaban J connectivity index is 2.57. The van der Waals surface area contributed by atoms with Gasteiger partial charge in [0.1, 0.15) is 0 Å². The van der Waals surface area contributed by atoms with Gasteiger partial charge in [0.2, 0.25) is 5.91 Å². The molecule has 6 nitrogen and oxygen atoms in total. The van der Waals surface area contributed by atoms with Crippen molar-refractivity contribution in [2.75, 3.05) is 13.1 Å². The van der Waals surface area contributed by atoms with E-state index in [-0.39, 0.29) is 22.6 Å². The molecule has 0 heterocycles. The van der Waals surface area contributed by atoms with Crippen molar-refractivity contribution in [2.24, 2.45) is 5.41 Å². The molecule has 0 aliphatic carbocycles. The van der Waals surface area contributed by atoms with Crippen LogP contribution in [0.4, 0.5) is 5.69 Å². The second kappa shape index (κ2) is 7.35. The lowest BCUT2D eigenvalue weighted by molar-refractivity contribution is -0.385. The molecule has 1 aromatic rings. The van der Waals surface area contributed by atoms with E-state index >= 15 is 0 Å². The summed E-state index contributed by atoms with van der Waals surface area (Å²) >= 11 is 0. The van der Waals surface area contributed by atoms with Crippen molar-refractivity contribution in [1.82, 2.24) is 10.6 Å². The van der Waals surface area contributed by atoms with Crippen molar-refractivity contribution in [1.29, 1.82) is 0 Å². The number of nitro groups is 1. The summed E-state index contributed by atoms with van der Waals surface area (Å²) in [4.78, 5) is 22.3. The minimum atomic E-state index is -0.401. The molecule has 0 aliphatic heterocycles. The van der Waals surface area contributed by atoms with Gasteiger partial charge < -0.3 is 10.6 Å². The quantitative estimate of drug-likeness (QED) is 0.481. The predicted molar refractivity (Wildman–Crippen MR) is 86.7 cm³/mol. The number of hydrogen-bond acceptors (Lipinski definition) is 4. The van der Waals surface area contributed by atoms with Crippen LogP contribution in [0.5, 0.6) is 0 Å². The summed E-state index contributed by atoms with van der Waals surface area (Å²) in [6.45, 7) is 10.4. The molecule has 1 aromatic carbocycles. The molecule has 0 aromatic heterocycles. The van der Waals surface area contributed by atoms with Gasteiger partial charge in [0.05, 0.1) is 4.92 Å². The molecule has 6 heteroatoms. The minimum absolute atomic E-state index is 0.00785. The van der Waals surface area contributed by atoms with Gasteiger partial charge in [0, 0.05) is 36.2 Å². The summed E-state index contributed by atoms with van der Waals surface area (Å²) < 4.78 is 0. The van der Waals surface area contributed by atoms with Crippen LogP contribution in [-0.4, -0.2) is 23.9 Å². The molecule has 0 spiro atoms. The van der Waals surface area contributed by atoms with Crippen LogP contribution in [0.25, 0.3) is 0 Å². The maximum atomic E-state index is 11.7. The SMILES string of the molecule is Cc1c([C@@H](C)NCCNC(=O)C(C)(C)C)cccc1[N+](=O)[O-]. The molecule has 0 saturated carbocycles. The van der Waals surface area contributed by atoms with E-state index < -0.39 is 5.41 Å². The first-order chi connectivity index (χ1) is 10.1. The highest BCUT2D eigenvalue weighted by molar-refractivity contribution is 5.81. The molecular weight excluding hydrogens is 282 g/mol. The minimum Gasteiger partial charge on any atom is -0.354 e. The zero-order chi connectivity index (χ0) is 16.9. The van der Waals surface area contributed by atoms with E-state index in [0.29, 0.717) is 18.7 Å². The third-order valence-electron chi connectivity index (χ3n) is 3.55. The number of hydrogen-bond donors (Lipinski definition) is 2. The Morgan fingerprint density at radius 2 is 1.95 bits per heavy atom. The highest BCUT2D eigenvalue weighted by Gasteiger charge is 2.20. The van der Waals surface area contributed by atoms with Gasteiger partial charge in [-0.2, -0.15) is 0 Å². The number of nitro benzene ring substituents is 1. The molecule has 0 aliphatic rings. The molecule has 22 heavy (non-hydrogen) atoms. The predicted octanol–water partition coefficient (Wildman–Crippen LogP) is 2.72. The van der Waals surface area contributed by atoms with Crippen LogP contribution in [0.3, 0.4) is 0 Å². The van der Waals surface area contributed by atoms with Crippen molar-refractivity contribution in [3.8, 4) is 0 Å². The van der Waals surface area contributed by atoms with Crippen molar-refractivity contribution in [2.45, 2.75) is 40.7 Å². The topological polar surface area (TPSA) is 84.3 Å². The lowest BCUT2D eigenvalue weighted by atomic mass is 9.96. The van der Waals surface area contributed by atoms with Crippen molar-refractivity contribution < 1.29 is 9.72 Å². The first kappa shape index (κ1) is 18.1. The van der Waals surface area contributed by atoms with Gasteiger partial charge in [-0.25, -0.2) is 0 Å². The maximum absolute atomic E-state index is 11.7. The largest absolute Gasteiger partial charge is 0.354 e. The summed E-state index contributed by atoms with van der Waals surface area (Å²) in [7, 11) is 0. The van der Waals surface area contributed by atoms with Crippen LogP contribution in [0, 0.1) is 22.5 Å². The maximum Gasteiger partial charge on any atom is 0.272 e. The van der Waals surface area contributed by atoms with Crippen molar-refractivity contribution >= 4 is 11.6 Å². The number of carbonyl (C=O) groups is 1. The average molecular weight is 307 g/mol. The first-order valence-corrected chi connectivity index (χ1v) is 7.40. The fourth-order valence-corrected chi connectivity index (χ4v) is 2.15. The Kier molecular flexibility index (Phi) is 6.05. The Labute approximate surface area is 131 Å². The molecule has 0 saturated heterocycles. The number of nitrogens with zero attached hydrogens (tertiary/aromatic N) is 1. The normalized spacial score (nSPS) is 12.8. The van der Waals surface area contributed by atoms with Gasteiger partial charge in [-0.15, -0.1) is 0 Å². The molecule has 1 atom stereocenters. The molecule has 0 unspecified atom stereocenters. The number of carbonyl (C=O) groups excluding carboxylic acids is 1. The second-order valence-electron chi connectivity index (χ2n) is 6.43. The number of nitrogens with one attached hydrogen (secondary N) is 2. The monoisotopic (exact) mass is 307 g/mol. The van der Waals surface area contributed by atoms with Crippen molar-refractivity contribution in [3.05, 3.63) is 39.4 Å². The zero-order valence-corrected chi connectivity index (χ0v) is 13.9. The number of benzene rings is 1. The van der Waals surface area contributed by atoms with E-state index in [1.54, 1.807) is 13.0 Å². The lowest BCUT2D eigenvalue weighted by Crippen LogP contribution is -2.39. The molecule has 0 fully saturated rings. The van der Waals surface area contributed by atoms with E-state index in [1.807, 2.05) is 33.8 Å². The number of rotatable bonds is 6. The summed E-state index contributed by atoms with van der Waals surface area (Å²) in [6.07, 6.45) is 0. The Bertz CT molecular complexity index is 550. The molecule has 2 N–H and O–H groups in total. The molecule has 122 valence electrons. The van der Waals surface area contributed by atoms with E-state index in [4.69, 9.17) is 0 Å². The van der Waals surface area contributed by atoms with E-state index in [2.05, 4.69) is 10.6 Å². The fourth-order valence-electron chi connectivity index (χ4n) is 2.15. The zero-order valence-electron chi connectivity index (χ0n) is 13.9. The van der Waals surface area contributed by atoms with Gasteiger partial charge in [-0.1, -0.05) is 32.9 Å². The molecule has 1 amide bonds. The lowest BCUT2D eigenvalue weighted by Gasteiger charge is -2.19. The van der Waals surface area contributed by atoms with Crippen LogP contribution in [-0.2, 0) is 4.79 Å². The van der Waals surface area contributed by atoms with E-state index in [1.165, 1.54) is 6.07 Å². The van der Waals surface area contributed by atoms with Gasteiger partial charge in [-0.05, 0) is 19.4 Å². The van der Waals surface area contributed by atoms with Crippen LogP contribution in [0.1, 0.15) is 44.9 Å². The standard InChI is InChI=1S/C16H25N3O3/c1-11-13(7-6-8-14(11)19(21)22)12(2)17-9-10-18-15(20)16(3,4)5/h6-8,12,17H,9-10H2,1-5H3,(H,18,20)/t12-/m1/s1. The highest BCUT2D eigenvalue weighted by atomic mass is 16.6. The van der Waals surface area contributed by atoms with Gasteiger partial charge in [0.25, 0.3) is 5.69 Å². The third kappa shape index (κ3) is 4.80. The van der Waals surface area contributed by atoms with Gasteiger partial charge >= 0.3 is 0 Å². The van der Waals surface area contributed by atoms with Crippen LogP contribution >= 0.6 is 0 Å². The van der Waals surface area contributed by atoms with Crippen molar-refractivity contribution in [3.63, 3.8) is 0 Å². The summed E-state index contributed by atoms with van der Waals surface area (Å²) in [5.74, 6) is 0.00785. The summed E-state index contributed by atoms with van der Waals surface area (Å²) in [5, 5.41) is 17.1. The first-order valence-electron chi connectivity index (χ1n) is 7.40. The van der Waals surface area contributed by atoms with Gasteiger partial charge in [0.15, 0.2) is 0 Å². The van der Waals surface area contributed by atoms with Gasteiger partial charge in [-0.3, -0.25) is 14.9 Å². The smallest absolute Gasteiger partial charge is 0.272 e. The molecule has 1 rings (SSSR count). The number of amides is 1. The Morgan fingerprint density at radius 3 is 2.50 bits per heavy atom. The van der Waals surface area contributed by atoms with E-state index in [0.717, 1.165) is 5.56 Å². The summed E-state index contributed by atoms with van der Waals surface area (Å²) in [5.41, 5.74) is 1.30. The van der Waals surface area contributed by atoms with Crippen LogP contribution < -0.4 is 10.6 Å². The average Bonchev–Trinajstić information content (AvgIpc) is 2.41. The Morgan fingerprint density at radius 1 is 1.32 bits per heavy atom. The Hall–Kier alpha value is -1.95. The third-order valence-corrected chi connectivity index (χ3v) is 3.55. The highest BCUT2D eigenvalue weighted by Crippen LogP contribution is 2.25. The molecule has 0 bridgehead atoms. The van der Waals surface area contributed by atoms with Crippen LogP contribution in [0.15, 0.2) is 18.2 Å².